The van der Waals surface area contributed by atoms with Gasteiger partial charge in [0.1, 0.15) is 5.82 Å². The first-order valence-corrected chi connectivity index (χ1v) is 7.00. The van der Waals surface area contributed by atoms with Gasteiger partial charge in [-0.25, -0.2) is 4.39 Å². The first kappa shape index (κ1) is 15.2. The van der Waals surface area contributed by atoms with E-state index in [1.807, 2.05) is 0 Å². The number of thioether (sulfide) groups is 1. The zero-order chi connectivity index (χ0) is 14.9. The summed E-state index contributed by atoms with van der Waals surface area (Å²) in [6.45, 7) is 4.77. The van der Waals surface area contributed by atoms with Gasteiger partial charge in [-0.15, -0.1) is 0 Å². The first-order valence-electron chi connectivity index (χ1n) is 6.12. The number of aliphatic imine (C=N–C) groups is 1. The van der Waals surface area contributed by atoms with Crippen molar-refractivity contribution < 1.29 is 17.6 Å². The Balaban J connectivity index is 2.12. The summed E-state index contributed by atoms with van der Waals surface area (Å²) >= 11 is 1.50. The van der Waals surface area contributed by atoms with E-state index in [1.165, 1.54) is 17.8 Å². The van der Waals surface area contributed by atoms with Gasteiger partial charge in [-0.1, -0.05) is 25.6 Å². The lowest BCUT2D eigenvalue weighted by atomic mass is 10.1. The maximum atomic E-state index is 13.2. The minimum Gasteiger partial charge on any atom is -0.335 e. The highest BCUT2D eigenvalue weighted by atomic mass is 32.2. The summed E-state index contributed by atoms with van der Waals surface area (Å²) in [5.41, 5.74) is -1.08. The molecule has 110 valence electrons. The number of nitrogens with zero attached hydrogens (tertiary/aromatic N) is 1. The van der Waals surface area contributed by atoms with Crippen molar-refractivity contribution in [2.75, 3.05) is 11.9 Å². The Bertz CT molecular complexity index is 526. The molecule has 0 bridgehead atoms. The summed E-state index contributed by atoms with van der Waals surface area (Å²) in [4.78, 5) is 4.24. The number of rotatable bonds is 2. The Hall–Kier alpha value is -1.24. The average Bonchev–Trinajstić information content (AvgIpc) is 2.79. The number of hydrogen-bond acceptors (Lipinski definition) is 3. The van der Waals surface area contributed by atoms with Gasteiger partial charge in [-0.05, 0) is 24.1 Å². The highest BCUT2D eigenvalue weighted by Gasteiger charge is 2.34. The molecule has 1 aliphatic heterocycles. The van der Waals surface area contributed by atoms with E-state index in [1.54, 1.807) is 0 Å². The molecule has 1 aliphatic rings. The van der Waals surface area contributed by atoms with E-state index in [0.29, 0.717) is 22.9 Å². The van der Waals surface area contributed by atoms with Crippen LogP contribution in [0.4, 0.5) is 23.2 Å². The summed E-state index contributed by atoms with van der Waals surface area (Å²) in [7, 11) is 0. The molecule has 2 nitrogen and oxygen atoms in total. The smallest absolute Gasteiger partial charge is 0.335 e. The van der Waals surface area contributed by atoms with E-state index in [4.69, 9.17) is 0 Å². The summed E-state index contributed by atoms with van der Waals surface area (Å²) < 4.78 is 51.0. The Morgan fingerprint density at radius 1 is 1.35 bits per heavy atom. The van der Waals surface area contributed by atoms with Crippen LogP contribution in [0.15, 0.2) is 23.2 Å². The Kier molecular flexibility index (Phi) is 4.27. The van der Waals surface area contributed by atoms with Crippen LogP contribution in [0.1, 0.15) is 19.4 Å². The minimum atomic E-state index is -4.70. The molecule has 1 unspecified atom stereocenters. The van der Waals surface area contributed by atoms with Crippen molar-refractivity contribution in [2.45, 2.75) is 25.3 Å². The molecule has 0 radical (unpaired) electrons. The van der Waals surface area contributed by atoms with Gasteiger partial charge >= 0.3 is 6.18 Å². The molecule has 0 aliphatic carbocycles. The van der Waals surface area contributed by atoms with Crippen molar-refractivity contribution >= 4 is 22.6 Å². The molecular weight excluding hydrogens is 292 g/mol. The van der Waals surface area contributed by atoms with Crippen molar-refractivity contribution in [3.05, 3.63) is 29.6 Å². The van der Waals surface area contributed by atoms with Gasteiger partial charge < -0.3 is 5.32 Å². The van der Waals surface area contributed by atoms with Crippen LogP contribution in [-0.4, -0.2) is 17.0 Å². The van der Waals surface area contributed by atoms with E-state index >= 15 is 0 Å². The maximum Gasteiger partial charge on any atom is 0.419 e. The molecule has 1 heterocycles. The quantitative estimate of drug-likeness (QED) is 0.820. The fraction of sp³-hybridized carbons (Fsp3) is 0.462. The fourth-order valence-electron chi connectivity index (χ4n) is 1.75. The predicted molar refractivity (Wildman–Crippen MR) is 73.5 cm³/mol. The van der Waals surface area contributed by atoms with Crippen LogP contribution < -0.4 is 5.32 Å². The van der Waals surface area contributed by atoms with Crippen LogP contribution in [0, 0.1) is 11.7 Å². The minimum absolute atomic E-state index is 0.189. The maximum absolute atomic E-state index is 13.2. The van der Waals surface area contributed by atoms with E-state index in [2.05, 4.69) is 24.2 Å². The lowest BCUT2D eigenvalue weighted by Gasteiger charge is -2.13. The number of hydrogen-bond donors (Lipinski definition) is 1. The number of halogens is 4. The third-order valence-electron chi connectivity index (χ3n) is 2.94. The molecule has 0 spiro atoms. The second-order valence-electron chi connectivity index (χ2n) is 4.86. The van der Waals surface area contributed by atoms with Crippen molar-refractivity contribution in [3.8, 4) is 0 Å². The number of anilines is 1. The molecule has 0 saturated carbocycles. The normalized spacial score (nSPS) is 19.4. The summed E-state index contributed by atoms with van der Waals surface area (Å²) in [6.07, 6.45) is -4.70. The van der Waals surface area contributed by atoms with E-state index in [9.17, 15) is 17.6 Å². The van der Waals surface area contributed by atoms with Crippen molar-refractivity contribution in [1.82, 2.24) is 0 Å². The lowest BCUT2D eigenvalue weighted by molar-refractivity contribution is -0.139. The third kappa shape index (κ3) is 3.45. The summed E-state index contributed by atoms with van der Waals surface area (Å²) in [5, 5.41) is 3.70. The van der Waals surface area contributed by atoms with Crippen LogP contribution >= 0.6 is 11.8 Å². The average molecular weight is 306 g/mol. The van der Waals surface area contributed by atoms with Gasteiger partial charge in [0.2, 0.25) is 0 Å². The fourth-order valence-corrected chi connectivity index (χ4v) is 2.78. The molecule has 0 fully saturated rings. The molecule has 1 aromatic carbocycles. The number of amidine groups is 1. The van der Waals surface area contributed by atoms with Gasteiger partial charge in [0.15, 0.2) is 5.17 Å². The van der Waals surface area contributed by atoms with Crippen LogP contribution in [0.2, 0.25) is 0 Å². The molecular formula is C13H14F4N2S. The first-order chi connectivity index (χ1) is 9.27. The molecule has 1 atom stereocenters. The van der Waals surface area contributed by atoms with Crippen molar-refractivity contribution in [3.63, 3.8) is 0 Å². The van der Waals surface area contributed by atoms with E-state index in [-0.39, 0.29) is 5.69 Å². The topological polar surface area (TPSA) is 24.4 Å². The zero-order valence-electron chi connectivity index (χ0n) is 11.0. The molecule has 20 heavy (non-hydrogen) atoms. The molecule has 2 rings (SSSR count). The Morgan fingerprint density at radius 2 is 2.05 bits per heavy atom. The molecule has 0 amide bonds. The molecule has 7 heteroatoms. The SMILES string of the molecule is CC(C)C1CN=C(Nc2ccc(F)c(C(F)(F)F)c2)S1. The predicted octanol–water partition coefficient (Wildman–Crippen LogP) is 4.38. The highest BCUT2D eigenvalue weighted by Crippen LogP contribution is 2.34. The summed E-state index contributed by atoms with van der Waals surface area (Å²) in [6, 6.07) is 2.85. The Morgan fingerprint density at radius 3 is 2.60 bits per heavy atom. The van der Waals surface area contributed by atoms with Crippen LogP contribution in [0.5, 0.6) is 0 Å². The second kappa shape index (κ2) is 5.63. The number of alkyl halides is 3. The molecule has 1 N–H and O–H groups in total. The van der Waals surface area contributed by atoms with Crippen LogP contribution in [0.3, 0.4) is 0 Å². The molecule has 1 aromatic rings. The monoisotopic (exact) mass is 306 g/mol. The highest BCUT2D eigenvalue weighted by molar-refractivity contribution is 8.15. The van der Waals surface area contributed by atoms with E-state index < -0.39 is 17.6 Å². The number of benzene rings is 1. The Labute approximate surface area is 118 Å². The van der Waals surface area contributed by atoms with E-state index in [0.717, 1.165) is 12.1 Å². The third-order valence-corrected chi connectivity index (χ3v) is 4.40. The standard InChI is InChI=1S/C13H14F4N2S/c1-7(2)11-6-18-12(20-11)19-8-3-4-10(14)9(5-8)13(15,16)17/h3-5,7,11H,6H2,1-2H3,(H,18,19). The van der Waals surface area contributed by atoms with Crippen molar-refractivity contribution in [1.29, 1.82) is 0 Å². The summed E-state index contributed by atoms with van der Waals surface area (Å²) in [5.74, 6) is -0.842. The van der Waals surface area contributed by atoms with Gasteiger partial charge in [0.05, 0.1) is 12.1 Å². The van der Waals surface area contributed by atoms with Gasteiger partial charge in [0, 0.05) is 10.9 Å². The van der Waals surface area contributed by atoms with Gasteiger partial charge in [-0.2, -0.15) is 13.2 Å². The van der Waals surface area contributed by atoms with Crippen LogP contribution in [0.25, 0.3) is 0 Å². The molecule has 0 saturated heterocycles. The largest absolute Gasteiger partial charge is 0.419 e. The van der Waals surface area contributed by atoms with Gasteiger partial charge in [0.25, 0.3) is 0 Å². The zero-order valence-corrected chi connectivity index (χ0v) is 11.8. The lowest BCUT2D eigenvalue weighted by Crippen LogP contribution is -2.14. The molecule has 0 aromatic heterocycles. The van der Waals surface area contributed by atoms with Gasteiger partial charge in [-0.3, -0.25) is 4.99 Å². The second-order valence-corrected chi connectivity index (χ2v) is 6.09. The van der Waals surface area contributed by atoms with Crippen molar-refractivity contribution in [2.24, 2.45) is 10.9 Å². The van der Waals surface area contributed by atoms with Crippen LogP contribution in [-0.2, 0) is 6.18 Å². The number of nitrogens with one attached hydrogen (secondary N) is 1.